The predicted molar refractivity (Wildman–Crippen MR) is 127 cm³/mol. The lowest BCUT2D eigenvalue weighted by atomic mass is 9.68. The third-order valence-corrected chi connectivity index (χ3v) is 7.09. The fourth-order valence-corrected chi connectivity index (χ4v) is 5.14. The van der Waals surface area contributed by atoms with Crippen LogP contribution in [0.4, 0.5) is 0 Å². The number of para-hydroxylation sites is 1. The van der Waals surface area contributed by atoms with Crippen molar-refractivity contribution in [1.29, 1.82) is 0 Å². The molecule has 1 saturated carbocycles. The van der Waals surface area contributed by atoms with E-state index in [2.05, 4.69) is 26.9 Å². The van der Waals surface area contributed by atoms with Crippen LogP contribution in [0.3, 0.4) is 0 Å². The molecule has 7 nitrogen and oxygen atoms in total. The zero-order chi connectivity index (χ0) is 22.8. The summed E-state index contributed by atoms with van der Waals surface area (Å²) in [5, 5.41) is 3.15. The molecule has 3 rings (SSSR count). The molecule has 0 heterocycles. The number of benzene rings is 2. The third-order valence-electron chi connectivity index (χ3n) is 6.08. The number of hydrogen-bond acceptors (Lipinski definition) is 4. The molecule has 174 valence electrons. The Balaban J connectivity index is 1.65. The lowest BCUT2D eigenvalue weighted by Crippen LogP contribution is -2.48. The molecule has 2 aromatic carbocycles. The molecule has 1 amide bonds. The molecule has 1 aliphatic rings. The first-order chi connectivity index (χ1) is 15.6. The number of carbonyl (C=O) groups excluding carboxylic acids is 1. The molecule has 0 saturated heterocycles. The SMILES string of the molecule is COCCNS(=O)NC1CCC(CNC(=O)c2ccccc2OC)(c2ccccc2)CC1. The van der Waals surface area contributed by atoms with Crippen LogP contribution in [0.25, 0.3) is 0 Å². The number of ether oxygens (including phenoxy) is 2. The Morgan fingerprint density at radius 3 is 2.44 bits per heavy atom. The largest absolute Gasteiger partial charge is 0.496 e. The molecule has 1 atom stereocenters. The molecule has 0 radical (unpaired) electrons. The second-order valence-electron chi connectivity index (χ2n) is 8.08. The summed E-state index contributed by atoms with van der Waals surface area (Å²) in [6, 6.07) is 17.8. The summed E-state index contributed by atoms with van der Waals surface area (Å²) in [5.74, 6) is 0.427. The fraction of sp³-hybridized carbons (Fsp3) is 0.458. The van der Waals surface area contributed by atoms with Crippen molar-refractivity contribution >= 4 is 17.1 Å². The van der Waals surface area contributed by atoms with Gasteiger partial charge in [-0.1, -0.05) is 42.5 Å². The number of nitrogens with one attached hydrogen (secondary N) is 3. The van der Waals surface area contributed by atoms with Gasteiger partial charge in [0.2, 0.25) is 0 Å². The highest BCUT2D eigenvalue weighted by Gasteiger charge is 2.37. The Morgan fingerprint density at radius 1 is 1.06 bits per heavy atom. The molecule has 1 aliphatic carbocycles. The molecule has 2 aromatic rings. The summed E-state index contributed by atoms with van der Waals surface area (Å²) in [4.78, 5) is 12.9. The molecule has 0 aromatic heterocycles. The number of rotatable bonds is 11. The minimum atomic E-state index is -1.29. The first kappa shape index (κ1) is 24.4. The van der Waals surface area contributed by atoms with Crippen molar-refractivity contribution in [2.24, 2.45) is 0 Å². The van der Waals surface area contributed by atoms with Crippen LogP contribution < -0.4 is 19.5 Å². The van der Waals surface area contributed by atoms with Gasteiger partial charge in [-0.25, -0.2) is 13.7 Å². The van der Waals surface area contributed by atoms with E-state index in [1.807, 2.05) is 30.3 Å². The van der Waals surface area contributed by atoms with Gasteiger partial charge in [-0.05, 0) is 43.4 Å². The Labute approximate surface area is 193 Å². The van der Waals surface area contributed by atoms with E-state index in [0.717, 1.165) is 25.7 Å². The summed E-state index contributed by atoms with van der Waals surface area (Å²) in [5.41, 5.74) is 1.59. The van der Waals surface area contributed by atoms with E-state index in [1.54, 1.807) is 26.4 Å². The van der Waals surface area contributed by atoms with Gasteiger partial charge >= 0.3 is 0 Å². The van der Waals surface area contributed by atoms with E-state index in [-0.39, 0.29) is 17.4 Å². The molecule has 1 unspecified atom stereocenters. The average molecular weight is 460 g/mol. The maximum Gasteiger partial charge on any atom is 0.255 e. The minimum absolute atomic E-state index is 0.138. The minimum Gasteiger partial charge on any atom is -0.496 e. The van der Waals surface area contributed by atoms with Crippen LogP contribution in [0.1, 0.15) is 41.6 Å². The summed E-state index contributed by atoms with van der Waals surface area (Å²) in [7, 11) is 3.19. The number of carbonyl (C=O) groups is 1. The van der Waals surface area contributed by atoms with Crippen LogP contribution in [-0.2, 0) is 21.3 Å². The Morgan fingerprint density at radius 2 is 1.75 bits per heavy atom. The predicted octanol–water partition coefficient (Wildman–Crippen LogP) is 2.71. The van der Waals surface area contributed by atoms with E-state index in [1.165, 1.54) is 5.56 Å². The highest BCUT2D eigenvalue weighted by molar-refractivity contribution is 7.81. The van der Waals surface area contributed by atoms with E-state index in [4.69, 9.17) is 9.47 Å². The van der Waals surface area contributed by atoms with Crippen molar-refractivity contribution < 1.29 is 18.5 Å². The molecule has 0 bridgehead atoms. The second-order valence-corrected chi connectivity index (χ2v) is 9.14. The highest BCUT2D eigenvalue weighted by Crippen LogP contribution is 2.39. The highest BCUT2D eigenvalue weighted by atomic mass is 32.2. The number of methoxy groups -OCH3 is 2. The summed E-state index contributed by atoms with van der Waals surface area (Å²) in [6.07, 6.45) is 3.51. The Bertz CT molecular complexity index is 886. The summed E-state index contributed by atoms with van der Waals surface area (Å²) >= 11 is -1.29. The van der Waals surface area contributed by atoms with E-state index in [9.17, 15) is 9.00 Å². The van der Waals surface area contributed by atoms with E-state index >= 15 is 0 Å². The van der Waals surface area contributed by atoms with Gasteiger partial charge in [-0.3, -0.25) is 4.79 Å². The lowest BCUT2D eigenvalue weighted by molar-refractivity contribution is 0.0932. The molecular weight excluding hydrogens is 426 g/mol. The normalized spacial score (nSPS) is 21.6. The van der Waals surface area contributed by atoms with Crippen LogP contribution in [-0.4, -0.2) is 50.1 Å². The van der Waals surface area contributed by atoms with Gasteiger partial charge in [-0.2, -0.15) is 0 Å². The van der Waals surface area contributed by atoms with Gasteiger partial charge < -0.3 is 14.8 Å². The third kappa shape index (κ3) is 6.38. The zero-order valence-corrected chi connectivity index (χ0v) is 19.6. The van der Waals surface area contributed by atoms with Gasteiger partial charge in [-0.15, -0.1) is 0 Å². The van der Waals surface area contributed by atoms with Crippen molar-refractivity contribution in [3.05, 3.63) is 65.7 Å². The Kier molecular flexibility index (Phi) is 9.23. The van der Waals surface area contributed by atoms with Gasteiger partial charge in [0.1, 0.15) is 5.75 Å². The van der Waals surface area contributed by atoms with Crippen LogP contribution in [0.5, 0.6) is 5.75 Å². The first-order valence-corrected chi connectivity index (χ1v) is 12.1. The van der Waals surface area contributed by atoms with Gasteiger partial charge in [0.05, 0.1) is 19.3 Å². The van der Waals surface area contributed by atoms with Crippen LogP contribution in [0.15, 0.2) is 54.6 Å². The molecule has 32 heavy (non-hydrogen) atoms. The van der Waals surface area contributed by atoms with Gasteiger partial charge in [0, 0.05) is 31.7 Å². The van der Waals surface area contributed by atoms with Crippen molar-refractivity contribution in [3.63, 3.8) is 0 Å². The number of hydrogen-bond donors (Lipinski definition) is 3. The van der Waals surface area contributed by atoms with E-state index in [0.29, 0.717) is 31.0 Å². The van der Waals surface area contributed by atoms with Crippen LogP contribution in [0, 0.1) is 0 Å². The van der Waals surface area contributed by atoms with Crippen molar-refractivity contribution in [1.82, 2.24) is 14.8 Å². The maximum absolute atomic E-state index is 12.9. The van der Waals surface area contributed by atoms with E-state index < -0.39 is 11.2 Å². The molecule has 0 spiro atoms. The molecule has 8 heteroatoms. The van der Waals surface area contributed by atoms with Crippen LogP contribution >= 0.6 is 0 Å². The van der Waals surface area contributed by atoms with Crippen molar-refractivity contribution in [2.75, 3.05) is 33.9 Å². The average Bonchev–Trinajstić information content (AvgIpc) is 2.84. The van der Waals surface area contributed by atoms with Crippen molar-refractivity contribution in [3.8, 4) is 5.75 Å². The smallest absolute Gasteiger partial charge is 0.255 e. The lowest BCUT2D eigenvalue weighted by Gasteiger charge is -2.41. The number of amides is 1. The first-order valence-electron chi connectivity index (χ1n) is 10.9. The van der Waals surface area contributed by atoms with Crippen molar-refractivity contribution in [2.45, 2.75) is 37.1 Å². The second kappa shape index (κ2) is 12.1. The zero-order valence-electron chi connectivity index (χ0n) is 18.8. The van der Waals surface area contributed by atoms with Crippen LogP contribution in [0.2, 0.25) is 0 Å². The summed E-state index contributed by atoms with van der Waals surface area (Å²) < 4.78 is 28.6. The standard InChI is InChI=1S/C24H33N3O4S/c1-30-17-16-26-32(29)27-20-12-14-24(15-13-20,19-8-4-3-5-9-19)18-25-23(28)21-10-6-7-11-22(21)31-2/h3-11,20,26-27H,12-18H2,1-2H3,(H,25,28). The molecular formula is C24H33N3O4S. The molecule has 0 aliphatic heterocycles. The fourth-order valence-electron chi connectivity index (χ4n) is 4.25. The maximum atomic E-state index is 12.9. The monoisotopic (exact) mass is 459 g/mol. The topological polar surface area (TPSA) is 88.7 Å². The Hall–Kier alpha value is -2.26. The quantitative estimate of drug-likeness (QED) is 0.451. The van der Waals surface area contributed by atoms with Gasteiger partial charge in [0.15, 0.2) is 11.2 Å². The van der Waals surface area contributed by atoms with Gasteiger partial charge in [0.25, 0.3) is 5.91 Å². The molecule has 3 N–H and O–H groups in total. The molecule has 1 fully saturated rings. The summed E-state index contributed by atoms with van der Waals surface area (Å²) in [6.45, 7) is 1.59.